The zero-order chi connectivity index (χ0) is 14.4. The van der Waals surface area contributed by atoms with Gasteiger partial charge in [-0.15, -0.1) is 0 Å². The van der Waals surface area contributed by atoms with E-state index in [0.29, 0.717) is 5.69 Å². The maximum absolute atomic E-state index is 12.5. The number of halogens is 1. The first-order valence-corrected chi connectivity index (χ1v) is 8.01. The molecule has 0 N–H and O–H groups in total. The van der Waals surface area contributed by atoms with Gasteiger partial charge in [0.05, 0.1) is 0 Å². The smallest absolute Gasteiger partial charge is 0.272 e. The highest BCUT2D eigenvalue weighted by atomic mass is 79.9. The molecule has 3 nitrogen and oxygen atoms in total. The molecule has 0 spiro atoms. The van der Waals surface area contributed by atoms with Crippen LogP contribution in [-0.4, -0.2) is 34.7 Å². The van der Waals surface area contributed by atoms with Gasteiger partial charge in [-0.3, -0.25) is 9.78 Å². The molecule has 0 radical (unpaired) electrons. The van der Waals surface area contributed by atoms with E-state index in [2.05, 4.69) is 20.9 Å². The molecule has 0 saturated heterocycles. The molecule has 0 bridgehead atoms. The van der Waals surface area contributed by atoms with E-state index in [0.717, 1.165) is 41.9 Å². The van der Waals surface area contributed by atoms with Gasteiger partial charge in [-0.25, -0.2) is 0 Å². The Morgan fingerprint density at radius 2 is 2.00 bits per heavy atom. The highest BCUT2D eigenvalue weighted by molar-refractivity contribution is 9.09. The quantitative estimate of drug-likeness (QED) is 0.593. The third-order valence-corrected chi connectivity index (χ3v) is 3.91. The van der Waals surface area contributed by atoms with E-state index in [1.165, 1.54) is 0 Å². The van der Waals surface area contributed by atoms with Crippen molar-refractivity contribution in [3.8, 4) is 0 Å². The van der Waals surface area contributed by atoms with Gasteiger partial charge in [-0.05, 0) is 24.3 Å². The largest absolute Gasteiger partial charge is 0.340 e. The number of hydrogen-bond acceptors (Lipinski definition) is 2. The lowest BCUT2D eigenvalue weighted by atomic mass is 10.1. The summed E-state index contributed by atoms with van der Waals surface area (Å²) in [5.74, 6) is 0.000595. The summed E-state index contributed by atoms with van der Waals surface area (Å²) in [4.78, 5) is 18.5. The lowest BCUT2D eigenvalue weighted by molar-refractivity contribution is 0.0789. The van der Waals surface area contributed by atoms with E-state index in [1.54, 1.807) is 11.1 Å². The molecule has 0 aliphatic heterocycles. The minimum absolute atomic E-state index is 0.000595. The first kappa shape index (κ1) is 15.0. The Hall–Kier alpha value is -1.42. The van der Waals surface area contributed by atoms with Crippen LogP contribution in [-0.2, 0) is 0 Å². The highest BCUT2D eigenvalue weighted by Gasteiger charge is 2.15. The molecule has 20 heavy (non-hydrogen) atoms. The van der Waals surface area contributed by atoms with Crippen molar-refractivity contribution in [2.24, 2.45) is 0 Å². The van der Waals surface area contributed by atoms with E-state index < -0.39 is 0 Å². The number of fused-ring (bicyclic) bond motifs is 1. The molecule has 1 aromatic carbocycles. The third kappa shape index (κ3) is 3.57. The average molecular weight is 335 g/mol. The molecule has 0 aliphatic carbocycles. The van der Waals surface area contributed by atoms with Crippen LogP contribution in [0.4, 0.5) is 0 Å². The maximum Gasteiger partial charge on any atom is 0.272 e. The van der Waals surface area contributed by atoms with Crippen LogP contribution in [0.25, 0.3) is 10.8 Å². The Kier molecular flexibility index (Phi) is 5.53. The fraction of sp³-hybridized carbons (Fsp3) is 0.375. The zero-order valence-corrected chi connectivity index (χ0v) is 13.3. The molecule has 2 rings (SSSR count). The highest BCUT2D eigenvalue weighted by Crippen LogP contribution is 2.17. The Labute approximate surface area is 128 Å². The summed E-state index contributed by atoms with van der Waals surface area (Å²) in [6.45, 7) is 0.775. The minimum atomic E-state index is 0.000595. The van der Waals surface area contributed by atoms with Crippen molar-refractivity contribution in [2.75, 3.05) is 18.9 Å². The standard InChI is InChI=1S/C16H19BrN2O/c1-19(12-6-2-5-10-17)16(20)15-14-8-4-3-7-13(14)9-11-18-15/h3-4,7-9,11H,2,5-6,10,12H2,1H3. The van der Waals surface area contributed by atoms with Gasteiger partial charge in [0.15, 0.2) is 0 Å². The molecule has 4 heteroatoms. The van der Waals surface area contributed by atoms with Gasteiger partial charge >= 0.3 is 0 Å². The number of rotatable bonds is 6. The van der Waals surface area contributed by atoms with Crippen LogP contribution in [0.15, 0.2) is 36.5 Å². The van der Waals surface area contributed by atoms with E-state index in [9.17, 15) is 4.79 Å². The van der Waals surface area contributed by atoms with Gasteiger partial charge in [0.25, 0.3) is 5.91 Å². The summed E-state index contributed by atoms with van der Waals surface area (Å²) in [7, 11) is 1.85. The summed E-state index contributed by atoms with van der Waals surface area (Å²) < 4.78 is 0. The Morgan fingerprint density at radius 3 is 2.80 bits per heavy atom. The summed E-state index contributed by atoms with van der Waals surface area (Å²) in [5.41, 5.74) is 0.547. The van der Waals surface area contributed by atoms with Crippen molar-refractivity contribution in [2.45, 2.75) is 19.3 Å². The molecule has 0 fully saturated rings. The van der Waals surface area contributed by atoms with Crippen LogP contribution in [0.2, 0.25) is 0 Å². The van der Waals surface area contributed by atoms with E-state index >= 15 is 0 Å². The van der Waals surface area contributed by atoms with Gasteiger partial charge in [-0.1, -0.05) is 46.6 Å². The molecule has 0 atom stereocenters. The summed E-state index contributed by atoms with van der Waals surface area (Å²) >= 11 is 3.42. The molecule has 0 aliphatic rings. The van der Waals surface area contributed by atoms with Crippen molar-refractivity contribution in [1.29, 1.82) is 0 Å². The number of benzene rings is 1. The fourth-order valence-electron chi connectivity index (χ4n) is 2.19. The third-order valence-electron chi connectivity index (χ3n) is 3.35. The van der Waals surface area contributed by atoms with E-state index in [1.807, 2.05) is 37.4 Å². The molecular weight excluding hydrogens is 316 g/mol. The second-order valence-electron chi connectivity index (χ2n) is 4.86. The molecule has 1 amide bonds. The van der Waals surface area contributed by atoms with Gasteiger partial charge < -0.3 is 4.90 Å². The van der Waals surface area contributed by atoms with Gasteiger partial charge in [0, 0.05) is 30.5 Å². The Bertz CT molecular complexity index is 580. The molecule has 1 heterocycles. The van der Waals surface area contributed by atoms with Crippen molar-refractivity contribution >= 4 is 32.6 Å². The molecular formula is C16H19BrN2O. The molecule has 0 unspecified atom stereocenters. The predicted molar refractivity (Wildman–Crippen MR) is 86.3 cm³/mol. The Balaban J connectivity index is 2.10. The topological polar surface area (TPSA) is 33.2 Å². The van der Waals surface area contributed by atoms with Crippen molar-refractivity contribution in [1.82, 2.24) is 9.88 Å². The number of nitrogens with zero attached hydrogens (tertiary/aromatic N) is 2. The maximum atomic E-state index is 12.5. The Morgan fingerprint density at radius 1 is 1.20 bits per heavy atom. The van der Waals surface area contributed by atoms with Crippen LogP contribution < -0.4 is 0 Å². The van der Waals surface area contributed by atoms with E-state index in [-0.39, 0.29) is 5.91 Å². The number of carbonyl (C=O) groups is 1. The van der Waals surface area contributed by atoms with Crippen molar-refractivity contribution < 1.29 is 4.79 Å². The molecule has 0 saturated carbocycles. The number of carbonyl (C=O) groups excluding carboxylic acids is 1. The van der Waals surface area contributed by atoms with E-state index in [4.69, 9.17) is 0 Å². The van der Waals surface area contributed by atoms with Crippen molar-refractivity contribution in [3.05, 3.63) is 42.2 Å². The number of unbranched alkanes of at least 4 members (excludes halogenated alkanes) is 2. The van der Waals surface area contributed by atoms with Crippen molar-refractivity contribution in [3.63, 3.8) is 0 Å². The molecule has 106 valence electrons. The van der Waals surface area contributed by atoms with Crippen LogP contribution in [0, 0.1) is 0 Å². The van der Waals surface area contributed by atoms with Gasteiger partial charge in [0.1, 0.15) is 5.69 Å². The van der Waals surface area contributed by atoms with Crippen LogP contribution in [0.1, 0.15) is 29.8 Å². The van der Waals surface area contributed by atoms with Gasteiger partial charge in [0.2, 0.25) is 0 Å². The van der Waals surface area contributed by atoms with Crippen LogP contribution in [0.3, 0.4) is 0 Å². The SMILES string of the molecule is CN(CCCCCBr)C(=O)c1nccc2ccccc12. The zero-order valence-electron chi connectivity index (χ0n) is 11.7. The lowest BCUT2D eigenvalue weighted by Gasteiger charge is -2.17. The monoisotopic (exact) mass is 334 g/mol. The van der Waals surface area contributed by atoms with Gasteiger partial charge in [-0.2, -0.15) is 0 Å². The second-order valence-corrected chi connectivity index (χ2v) is 5.65. The average Bonchev–Trinajstić information content (AvgIpc) is 2.50. The number of alkyl halides is 1. The number of pyridine rings is 1. The summed E-state index contributed by atoms with van der Waals surface area (Å²) in [5, 5.41) is 3.00. The normalized spacial score (nSPS) is 10.7. The first-order valence-electron chi connectivity index (χ1n) is 6.89. The fourth-order valence-corrected chi connectivity index (χ4v) is 2.59. The van der Waals surface area contributed by atoms with Crippen LogP contribution >= 0.6 is 15.9 Å². The lowest BCUT2D eigenvalue weighted by Crippen LogP contribution is -2.28. The second kappa shape index (κ2) is 7.39. The molecule has 2 aromatic rings. The van der Waals surface area contributed by atoms with Crippen LogP contribution in [0.5, 0.6) is 0 Å². The predicted octanol–water partition coefficient (Wildman–Crippen LogP) is 3.87. The summed E-state index contributed by atoms with van der Waals surface area (Å²) in [6.07, 6.45) is 5.01. The number of hydrogen-bond donors (Lipinski definition) is 0. The number of aromatic nitrogens is 1. The minimum Gasteiger partial charge on any atom is -0.340 e. The molecule has 1 aromatic heterocycles. The number of amides is 1. The summed E-state index contributed by atoms with van der Waals surface area (Å²) in [6, 6.07) is 9.80. The first-order chi connectivity index (χ1) is 9.74.